The second-order valence-electron chi connectivity index (χ2n) is 2.72. The van der Waals surface area contributed by atoms with E-state index in [9.17, 15) is 9.59 Å². The summed E-state index contributed by atoms with van der Waals surface area (Å²) < 4.78 is 0. The van der Waals surface area contributed by atoms with E-state index < -0.39 is 12.0 Å². The molecule has 0 aromatic rings. The van der Waals surface area contributed by atoms with Crippen molar-refractivity contribution in [3.8, 4) is 0 Å². The third-order valence-electron chi connectivity index (χ3n) is 1.83. The third-order valence-corrected chi connectivity index (χ3v) is 1.83. The average Bonchev–Trinajstić information content (AvgIpc) is 2.17. The Labute approximate surface area is 75.9 Å². The average molecular weight is 181 g/mol. The summed E-state index contributed by atoms with van der Waals surface area (Å²) in [5.74, 6) is -1.02. The van der Waals surface area contributed by atoms with Crippen molar-refractivity contribution < 1.29 is 14.7 Å². The van der Waals surface area contributed by atoms with Crippen LogP contribution in [0.4, 0.5) is 0 Å². The zero-order valence-electron chi connectivity index (χ0n) is 7.28. The van der Waals surface area contributed by atoms with Crippen LogP contribution in [0.2, 0.25) is 0 Å². The van der Waals surface area contributed by atoms with Crippen molar-refractivity contribution in [2.75, 3.05) is 0 Å². The number of carbonyl (C=O) groups is 2. The number of hydrogen-bond donors (Lipinski definition) is 2. The lowest BCUT2D eigenvalue weighted by molar-refractivity contribution is -0.132. The van der Waals surface area contributed by atoms with E-state index in [4.69, 9.17) is 5.11 Å². The van der Waals surface area contributed by atoms with E-state index in [0.29, 0.717) is 6.42 Å². The number of carboxylic acid groups (broad SMARTS) is 1. The molecule has 0 aromatic heterocycles. The summed E-state index contributed by atoms with van der Waals surface area (Å²) in [4.78, 5) is 21.8. The van der Waals surface area contributed by atoms with Crippen molar-refractivity contribution in [1.29, 1.82) is 0 Å². The molecule has 0 aromatic carbocycles. The quantitative estimate of drug-likeness (QED) is 0.663. The van der Waals surface area contributed by atoms with E-state index in [2.05, 4.69) is 5.32 Å². The molecule has 1 unspecified atom stereocenters. The summed E-state index contributed by atoms with van der Waals surface area (Å²) in [5, 5.41) is 11.4. The van der Waals surface area contributed by atoms with E-state index in [0.717, 1.165) is 0 Å². The number of carbonyl (C=O) groups excluding carboxylic acids is 1. The molecule has 4 nitrogen and oxygen atoms in total. The predicted molar refractivity (Wildman–Crippen MR) is 47.1 cm³/mol. The SMILES string of the molecule is CCC(=O)C1C=C(C(=O)O)C=CN1. The van der Waals surface area contributed by atoms with Crippen LogP contribution in [0.25, 0.3) is 0 Å². The maximum absolute atomic E-state index is 11.2. The number of hydrogen-bond acceptors (Lipinski definition) is 3. The van der Waals surface area contributed by atoms with Gasteiger partial charge in [0.25, 0.3) is 0 Å². The highest BCUT2D eigenvalue weighted by molar-refractivity contribution is 5.94. The molecule has 0 radical (unpaired) electrons. The largest absolute Gasteiger partial charge is 0.478 e. The van der Waals surface area contributed by atoms with Crippen LogP contribution < -0.4 is 5.32 Å². The number of dihydropyridines is 1. The molecule has 70 valence electrons. The first-order chi connectivity index (χ1) is 6.15. The number of rotatable bonds is 3. The van der Waals surface area contributed by atoms with E-state index >= 15 is 0 Å². The minimum atomic E-state index is -1.01. The zero-order valence-corrected chi connectivity index (χ0v) is 7.28. The lowest BCUT2D eigenvalue weighted by Gasteiger charge is -2.15. The fourth-order valence-electron chi connectivity index (χ4n) is 1.07. The van der Waals surface area contributed by atoms with Gasteiger partial charge in [-0.3, -0.25) is 4.79 Å². The fraction of sp³-hybridized carbons (Fsp3) is 0.333. The Morgan fingerprint density at radius 2 is 2.31 bits per heavy atom. The molecule has 0 spiro atoms. The van der Waals surface area contributed by atoms with Gasteiger partial charge in [0.2, 0.25) is 0 Å². The van der Waals surface area contributed by atoms with Crippen molar-refractivity contribution >= 4 is 11.8 Å². The first-order valence-corrected chi connectivity index (χ1v) is 4.05. The smallest absolute Gasteiger partial charge is 0.335 e. The summed E-state index contributed by atoms with van der Waals surface area (Å²) in [6.45, 7) is 1.75. The normalized spacial score (nSPS) is 20.4. The molecule has 4 heteroatoms. The molecule has 1 heterocycles. The molecule has 13 heavy (non-hydrogen) atoms. The monoisotopic (exact) mass is 181 g/mol. The van der Waals surface area contributed by atoms with Gasteiger partial charge in [-0.05, 0) is 18.4 Å². The molecule has 2 N–H and O–H groups in total. The van der Waals surface area contributed by atoms with E-state index in [1.807, 2.05) is 0 Å². The Morgan fingerprint density at radius 3 is 2.85 bits per heavy atom. The van der Waals surface area contributed by atoms with E-state index in [1.54, 1.807) is 6.92 Å². The van der Waals surface area contributed by atoms with Crippen LogP contribution in [-0.2, 0) is 9.59 Å². The maximum Gasteiger partial charge on any atom is 0.335 e. The molecular weight excluding hydrogens is 170 g/mol. The van der Waals surface area contributed by atoms with Crippen LogP contribution in [0.15, 0.2) is 23.9 Å². The highest BCUT2D eigenvalue weighted by Gasteiger charge is 2.17. The summed E-state index contributed by atoms with van der Waals surface area (Å²) in [6, 6.07) is -0.485. The highest BCUT2D eigenvalue weighted by Crippen LogP contribution is 2.06. The Kier molecular flexibility index (Phi) is 2.84. The minimum Gasteiger partial charge on any atom is -0.478 e. The number of aliphatic carboxylic acids is 1. The van der Waals surface area contributed by atoms with E-state index in [-0.39, 0.29) is 11.4 Å². The summed E-state index contributed by atoms with van der Waals surface area (Å²) in [7, 11) is 0. The van der Waals surface area contributed by atoms with Gasteiger partial charge in [0.05, 0.1) is 5.57 Å². The molecule has 1 rings (SSSR count). The molecule has 0 fully saturated rings. The maximum atomic E-state index is 11.2. The molecule has 1 atom stereocenters. The molecule has 0 amide bonds. The van der Waals surface area contributed by atoms with Gasteiger partial charge in [0.15, 0.2) is 5.78 Å². The first-order valence-electron chi connectivity index (χ1n) is 4.05. The van der Waals surface area contributed by atoms with Gasteiger partial charge in [-0.1, -0.05) is 6.92 Å². The van der Waals surface area contributed by atoms with Gasteiger partial charge in [-0.25, -0.2) is 4.79 Å². The minimum absolute atomic E-state index is 0.0110. The molecule has 0 saturated carbocycles. The Morgan fingerprint density at radius 1 is 1.62 bits per heavy atom. The number of nitrogens with one attached hydrogen (secondary N) is 1. The Bertz CT molecular complexity index is 291. The number of carboxylic acids is 1. The van der Waals surface area contributed by atoms with Gasteiger partial charge < -0.3 is 10.4 Å². The van der Waals surface area contributed by atoms with Crippen molar-refractivity contribution in [2.24, 2.45) is 0 Å². The molecule has 1 aliphatic heterocycles. The second-order valence-corrected chi connectivity index (χ2v) is 2.72. The summed E-state index contributed by atoms with van der Waals surface area (Å²) in [5.41, 5.74) is 0.158. The number of Topliss-reactive ketones (excluding diaryl/α,β-unsaturated/α-hetero) is 1. The van der Waals surface area contributed by atoms with Gasteiger partial charge in [-0.15, -0.1) is 0 Å². The van der Waals surface area contributed by atoms with Gasteiger partial charge in [0.1, 0.15) is 6.04 Å². The van der Waals surface area contributed by atoms with Crippen molar-refractivity contribution in [1.82, 2.24) is 5.32 Å². The zero-order chi connectivity index (χ0) is 9.84. The molecule has 1 aliphatic rings. The molecular formula is C9H11NO3. The van der Waals surface area contributed by atoms with Crippen LogP contribution in [0, 0.1) is 0 Å². The van der Waals surface area contributed by atoms with Crippen LogP contribution >= 0.6 is 0 Å². The molecule has 0 saturated heterocycles. The fourth-order valence-corrected chi connectivity index (χ4v) is 1.07. The first kappa shape index (κ1) is 9.51. The van der Waals surface area contributed by atoms with Crippen LogP contribution in [-0.4, -0.2) is 22.9 Å². The standard InChI is InChI=1S/C9H11NO3/c1-2-8(11)7-5-6(9(12)13)3-4-10-7/h3-5,7,10H,2H2,1H3,(H,12,13). The highest BCUT2D eigenvalue weighted by atomic mass is 16.4. The lowest BCUT2D eigenvalue weighted by Crippen LogP contribution is -2.33. The van der Waals surface area contributed by atoms with Gasteiger partial charge >= 0.3 is 5.97 Å². The molecule has 0 bridgehead atoms. The lowest BCUT2D eigenvalue weighted by atomic mass is 10.0. The number of ketones is 1. The third kappa shape index (κ3) is 2.18. The van der Waals surface area contributed by atoms with Crippen LogP contribution in [0.1, 0.15) is 13.3 Å². The van der Waals surface area contributed by atoms with Gasteiger partial charge in [0, 0.05) is 6.42 Å². The second kappa shape index (κ2) is 3.89. The van der Waals surface area contributed by atoms with Gasteiger partial charge in [-0.2, -0.15) is 0 Å². The van der Waals surface area contributed by atoms with E-state index in [1.165, 1.54) is 18.4 Å². The Balaban J connectivity index is 2.78. The van der Waals surface area contributed by atoms with Crippen LogP contribution in [0.5, 0.6) is 0 Å². The van der Waals surface area contributed by atoms with Crippen molar-refractivity contribution in [3.63, 3.8) is 0 Å². The van der Waals surface area contributed by atoms with Crippen molar-refractivity contribution in [3.05, 3.63) is 23.9 Å². The molecule has 0 aliphatic carbocycles. The van der Waals surface area contributed by atoms with Crippen LogP contribution in [0.3, 0.4) is 0 Å². The van der Waals surface area contributed by atoms with Crippen molar-refractivity contribution in [2.45, 2.75) is 19.4 Å². The predicted octanol–water partition coefficient (Wildman–Crippen LogP) is 0.462. The summed E-state index contributed by atoms with van der Waals surface area (Å²) in [6.07, 6.45) is 4.74. The Hall–Kier alpha value is -1.58. The summed E-state index contributed by atoms with van der Waals surface area (Å²) >= 11 is 0. The topological polar surface area (TPSA) is 66.4 Å².